The monoisotopic (exact) mass is 170 g/mol. The third-order valence-corrected chi connectivity index (χ3v) is 1.22. The summed E-state index contributed by atoms with van der Waals surface area (Å²) in [6.07, 6.45) is 2.51. The van der Waals surface area contributed by atoms with Gasteiger partial charge in [-0.2, -0.15) is 0 Å². The smallest absolute Gasteiger partial charge is 0.168 e. The third-order valence-electron chi connectivity index (χ3n) is 1.22. The average Bonchev–Trinajstić information content (AvgIpc) is 2.03. The van der Waals surface area contributed by atoms with Gasteiger partial charge in [0.1, 0.15) is 5.82 Å². The Labute approximate surface area is 68.9 Å². The predicted molar refractivity (Wildman–Crippen MR) is 42.8 cm³/mol. The average molecular weight is 170 g/mol. The standard InChI is InChI=1S/C8H8F2N2/c1-2-3-11-8-7(10)4-6(9)5-12-8/h2,4-5H,1,3H2,(H,11,12). The molecule has 0 fully saturated rings. The molecule has 2 nitrogen and oxygen atoms in total. The van der Waals surface area contributed by atoms with Crippen molar-refractivity contribution in [1.29, 1.82) is 0 Å². The first-order valence-corrected chi connectivity index (χ1v) is 3.40. The molecule has 0 atom stereocenters. The van der Waals surface area contributed by atoms with Crippen molar-refractivity contribution in [3.63, 3.8) is 0 Å². The lowest BCUT2D eigenvalue weighted by molar-refractivity contribution is 0.576. The molecule has 0 aliphatic heterocycles. The van der Waals surface area contributed by atoms with E-state index in [0.29, 0.717) is 6.54 Å². The van der Waals surface area contributed by atoms with E-state index in [1.807, 2.05) is 0 Å². The molecule has 0 aliphatic rings. The Balaban J connectivity index is 2.78. The van der Waals surface area contributed by atoms with Gasteiger partial charge in [0.05, 0.1) is 6.20 Å². The lowest BCUT2D eigenvalue weighted by Crippen LogP contribution is -2.02. The van der Waals surface area contributed by atoms with Gasteiger partial charge in [0.2, 0.25) is 0 Å². The molecule has 0 saturated heterocycles. The molecule has 1 N–H and O–H groups in total. The van der Waals surface area contributed by atoms with Gasteiger partial charge in [0.25, 0.3) is 0 Å². The first-order valence-electron chi connectivity index (χ1n) is 3.40. The number of aromatic nitrogens is 1. The molecular weight excluding hydrogens is 162 g/mol. The van der Waals surface area contributed by atoms with Gasteiger partial charge in [-0.1, -0.05) is 6.08 Å². The summed E-state index contributed by atoms with van der Waals surface area (Å²) in [6, 6.07) is 0.776. The molecule has 0 unspecified atom stereocenters. The first kappa shape index (κ1) is 8.64. The normalized spacial score (nSPS) is 9.50. The van der Waals surface area contributed by atoms with Gasteiger partial charge in [-0.15, -0.1) is 6.58 Å². The summed E-state index contributed by atoms with van der Waals surface area (Å²) in [7, 11) is 0. The molecule has 0 aliphatic carbocycles. The highest BCUT2D eigenvalue weighted by Crippen LogP contribution is 2.10. The van der Waals surface area contributed by atoms with E-state index in [2.05, 4.69) is 16.9 Å². The number of rotatable bonds is 3. The van der Waals surface area contributed by atoms with Gasteiger partial charge in [0.15, 0.2) is 11.6 Å². The number of nitrogens with zero attached hydrogens (tertiary/aromatic N) is 1. The molecule has 0 radical (unpaired) electrons. The molecule has 0 saturated carbocycles. The van der Waals surface area contributed by atoms with Crippen molar-refractivity contribution in [2.24, 2.45) is 0 Å². The molecule has 0 bridgehead atoms. The molecule has 12 heavy (non-hydrogen) atoms. The van der Waals surface area contributed by atoms with Crippen molar-refractivity contribution in [1.82, 2.24) is 4.98 Å². The van der Waals surface area contributed by atoms with E-state index in [1.165, 1.54) is 0 Å². The fourth-order valence-electron chi connectivity index (χ4n) is 0.713. The van der Waals surface area contributed by atoms with Gasteiger partial charge < -0.3 is 5.32 Å². The Hall–Kier alpha value is -1.45. The van der Waals surface area contributed by atoms with E-state index in [9.17, 15) is 8.78 Å². The second-order valence-electron chi connectivity index (χ2n) is 2.15. The maximum absolute atomic E-state index is 12.8. The molecule has 1 heterocycles. The fraction of sp³-hybridized carbons (Fsp3) is 0.125. The van der Waals surface area contributed by atoms with E-state index < -0.39 is 11.6 Å². The second kappa shape index (κ2) is 3.80. The van der Waals surface area contributed by atoms with Crippen LogP contribution in [0.3, 0.4) is 0 Å². The van der Waals surface area contributed by atoms with Crippen molar-refractivity contribution >= 4 is 5.82 Å². The van der Waals surface area contributed by atoms with E-state index in [1.54, 1.807) is 6.08 Å². The van der Waals surface area contributed by atoms with Crippen LogP contribution in [0.1, 0.15) is 0 Å². The van der Waals surface area contributed by atoms with Crippen LogP contribution >= 0.6 is 0 Å². The van der Waals surface area contributed by atoms with Crippen LogP contribution in [0.15, 0.2) is 24.9 Å². The molecule has 0 amide bonds. The first-order chi connectivity index (χ1) is 5.74. The predicted octanol–water partition coefficient (Wildman–Crippen LogP) is 1.96. The SMILES string of the molecule is C=CCNc1ncc(F)cc1F. The topological polar surface area (TPSA) is 24.9 Å². The van der Waals surface area contributed by atoms with E-state index in [-0.39, 0.29) is 5.82 Å². The molecule has 4 heteroatoms. The number of halogens is 2. The molecule has 0 aromatic carbocycles. The van der Waals surface area contributed by atoms with Crippen LogP contribution in [0.25, 0.3) is 0 Å². The summed E-state index contributed by atoms with van der Waals surface area (Å²) in [5.41, 5.74) is 0. The summed E-state index contributed by atoms with van der Waals surface area (Å²) in [5, 5.41) is 2.62. The van der Waals surface area contributed by atoms with Crippen molar-refractivity contribution in [3.8, 4) is 0 Å². The van der Waals surface area contributed by atoms with Crippen LogP contribution in [0, 0.1) is 11.6 Å². The van der Waals surface area contributed by atoms with E-state index in [4.69, 9.17) is 0 Å². The van der Waals surface area contributed by atoms with Gasteiger partial charge in [-0.25, -0.2) is 13.8 Å². The lowest BCUT2D eigenvalue weighted by Gasteiger charge is -2.02. The lowest BCUT2D eigenvalue weighted by atomic mass is 10.4. The zero-order chi connectivity index (χ0) is 8.97. The van der Waals surface area contributed by atoms with Crippen molar-refractivity contribution in [2.45, 2.75) is 0 Å². The second-order valence-corrected chi connectivity index (χ2v) is 2.15. The quantitative estimate of drug-likeness (QED) is 0.701. The van der Waals surface area contributed by atoms with Crippen molar-refractivity contribution in [3.05, 3.63) is 36.6 Å². The largest absolute Gasteiger partial charge is 0.364 e. The van der Waals surface area contributed by atoms with Gasteiger partial charge in [0, 0.05) is 12.6 Å². The Bertz CT molecular complexity index is 286. The van der Waals surface area contributed by atoms with Crippen LogP contribution in [-0.2, 0) is 0 Å². The summed E-state index contributed by atoms with van der Waals surface area (Å²) >= 11 is 0. The highest BCUT2D eigenvalue weighted by Gasteiger charge is 2.02. The zero-order valence-electron chi connectivity index (χ0n) is 6.35. The number of pyridine rings is 1. The molecule has 64 valence electrons. The molecular formula is C8H8F2N2. The minimum Gasteiger partial charge on any atom is -0.364 e. The van der Waals surface area contributed by atoms with E-state index >= 15 is 0 Å². The van der Waals surface area contributed by atoms with Crippen LogP contribution in [0.4, 0.5) is 14.6 Å². The zero-order valence-corrected chi connectivity index (χ0v) is 6.35. The van der Waals surface area contributed by atoms with Crippen molar-refractivity contribution in [2.75, 3.05) is 11.9 Å². The van der Waals surface area contributed by atoms with Crippen LogP contribution in [-0.4, -0.2) is 11.5 Å². The summed E-state index contributed by atoms with van der Waals surface area (Å²) < 4.78 is 25.1. The van der Waals surface area contributed by atoms with Crippen LogP contribution < -0.4 is 5.32 Å². The van der Waals surface area contributed by atoms with Crippen LogP contribution in [0.5, 0.6) is 0 Å². The number of hydrogen-bond acceptors (Lipinski definition) is 2. The Morgan fingerprint density at radius 2 is 2.33 bits per heavy atom. The Morgan fingerprint density at radius 1 is 1.58 bits per heavy atom. The summed E-state index contributed by atoms with van der Waals surface area (Å²) in [5.74, 6) is -1.34. The minimum absolute atomic E-state index is 0.0382. The molecule has 1 rings (SSSR count). The van der Waals surface area contributed by atoms with Crippen molar-refractivity contribution < 1.29 is 8.78 Å². The van der Waals surface area contributed by atoms with Crippen LogP contribution in [0.2, 0.25) is 0 Å². The highest BCUT2D eigenvalue weighted by molar-refractivity contribution is 5.36. The maximum atomic E-state index is 12.8. The number of nitrogens with one attached hydrogen (secondary N) is 1. The van der Waals surface area contributed by atoms with Gasteiger partial charge >= 0.3 is 0 Å². The molecule has 0 spiro atoms. The summed E-state index contributed by atoms with van der Waals surface area (Å²) in [4.78, 5) is 3.51. The third kappa shape index (κ3) is 2.02. The highest BCUT2D eigenvalue weighted by atomic mass is 19.1. The number of anilines is 1. The summed E-state index contributed by atoms with van der Waals surface area (Å²) in [6.45, 7) is 3.83. The maximum Gasteiger partial charge on any atom is 0.168 e. The van der Waals surface area contributed by atoms with Gasteiger partial charge in [-0.3, -0.25) is 0 Å². The molecule has 1 aromatic rings. The minimum atomic E-state index is -0.697. The fourth-order valence-corrected chi connectivity index (χ4v) is 0.713. The molecule has 1 aromatic heterocycles. The number of hydrogen-bond donors (Lipinski definition) is 1. The van der Waals surface area contributed by atoms with Gasteiger partial charge in [-0.05, 0) is 0 Å². The Kier molecular flexibility index (Phi) is 2.74. The van der Waals surface area contributed by atoms with E-state index in [0.717, 1.165) is 12.3 Å². The Morgan fingerprint density at radius 3 is 2.92 bits per heavy atom.